The highest BCUT2D eigenvalue weighted by Gasteiger charge is 2.18. The SMILES string of the molecule is Cc1c(OCc2ccc(C(=O)c3ccc(F)cc3)cc2)nc2n(c1=O)CCCS2. The molecule has 1 aliphatic rings. The summed E-state index contributed by atoms with van der Waals surface area (Å²) >= 11 is 1.56. The zero-order chi connectivity index (χ0) is 20.4. The van der Waals surface area contributed by atoms with Crippen LogP contribution in [0.25, 0.3) is 0 Å². The van der Waals surface area contributed by atoms with Gasteiger partial charge in [-0.3, -0.25) is 14.2 Å². The standard InChI is InChI=1S/C22H19FN2O3S/c1-14-20(24-22-25(21(14)27)11-2-12-29-22)28-13-15-3-5-16(6-4-15)19(26)17-7-9-18(23)10-8-17/h3-10H,2,11-13H2,1H3. The van der Waals surface area contributed by atoms with E-state index in [4.69, 9.17) is 4.74 Å². The largest absolute Gasteiger partial charge is 0.472 e. The van der Waals surface area contributed by atoms with Crippen LogP contribution in [0.2, 0.25) is 0 Å². The van der Waals surface area contributed by atoms with E-state index < -0.39 is 0 Å². The molecule has 1 aromatic heterocycles. The van der Waals surface area contributed by atoms with Crippen LogP contribution in [0.5, 0.6) is 5.88 Å². The van der Waals surface area contributed by atoms with Crippen LogP contribution in [0, 0.1) is 12.7 Å². The summed E-state index contributed by atoms with van der Waals surface area (Å²) in [6, 6.07) is 12.5. The van der Waals surface area contributed by atoms with Crippen LogP contribution in [-0.2, 0) is 13.2 Å². The van der Waals surface area contributed by atoms with Gasteiger partial charge in [-0.1, -0.05) is 36.0 Å². The van der Waals surface area contributed by atoms with Gasteiger partial charge >= 0.3 is 0 Å². The first-order valence-corrected chi connectivity index (χ1v) is 10.3. The van der Waals surface area contributed by atoms with Crippen molar-refractivity contribution in [3.63, 3.8) is 0 Å². The first-order chi connectivity index (χ1) is 14.0. The summed E-state index contributed by atoms with van der Waals surface area (Å²) in [6.07, 6.45) is 0.960. The van der Waals surface area contributed by atoms with Crippen molar-refractivity contribution in [2.45, 2.75) is 31.7 Å². The van der Waals surface area contributed by atoms with Crippen LogP contribution in [0.3, 0.4) is 0 Å². The summed E-state index contributed by atoms with van der Waals surface area (Å²) in [4.78, 5) is 29.5. The Morgan fingerprint density at radius 1 is 1.14 bits per heavy atom. The van der Waals surface area contributed by atoms with Gasteiger partial charge in [-0.2, -0.15) is 4.98 Å². The second-order valence-electron chi connectivity index (χ2n) is 6.80. The summed E-state index contributed by atoms with van der Waals surface area (Å²) in [7, 11) is 0. The molecule has 29 heavy (non-hydrogen) atoms. The number of rotatable bonds is 5. The number of nitrogens with zero attached hydrogens (tertiary/aromatic N) is 2. The van der Waals surface area contributed by atoms with Gasteiger partial charge in [0.05, 0.1) is 5.56 Å². The molecule has 0 saturated carbocycles. The molecule has 5 nitrogen and oxygen atoms in total. The monoisotopic (exact) mass is 410 g/mol. The van der Waals surface area contributed by atoms with Gasteiger partial charge in [0.2, 0.25) is 5.88 Å². The van der Waals surface area contributed by atoms with Crippen molar-refractivity contribution in [1.82, 2.24) is 9.55 Å². The van der Waals surface area contributed by atoms with E-state index in [-0.39, 0.29) is 23.8 Å². The number of ketones is 1. The lowest BCUT2D eigenvalue weighted by molar-refractivity contribution is 0.103. The van der Waals surface area contributed by atoms with E-state index in [1.807, 2.05) is 0 Å². The van der Waals surface area contributed by atoms with E-state index in [1.54, 1.807) is 47.5 Å². The fourth-order valence-corrected chi connectivity index (χ4v) is 4.05. The van der Waals surface area contributed by atoms with Crippen molar-refractivity contribution in [2.75, 3.05) is 5.75 Å². The molecule has 148 valence electrons. The highest BCUT2D eigenvalue weighted by atomic mass is 32.2. The molecule has 0 spiro atoms. The van der Waals surface area contributed by atoms with Crippen LogP contribution in [0.15, 0.2) is 58.5 Å². The maximum absolute atomic E-state index is 13.0. The van der Waals surface area contributed by atoms with Crippen LogP contribution < -0.4 is 10.3 Å². The van der Waals surface area contributed by atoms with Gasteiger partial charge in [0.25, 0.3) is 5.56 Å². The first kappa shape index (κ1) is 19.4. The smallest absolute Gasteiger partial charge is 0.260 e. The number of benzene rings is 2. The Morgan fingerprint density at radius 2 is 1.79 bits per heavy atom. The zero-order valence-corrected chi connectivity index (χ0v) is 16.7. The lowest BCUT2D eigenvalue weighted by atomic mass is 10.0. The van der Waals surface area contributed by atoms with Crippen molar-refractivity contribution in [3.05, 3.63) is 87.0 Å². The third-order valence-corrected chi connectivity index (χ3v) is 5.83. The molecule has 0 unspecified atom stereocenters. The third-order valence-electron chi connectivity index (χ3n) is 4.77. The molecular formula is C22H19FN2O3S. The van der Waals surface area contributed by atoms with Gasteiger partial charge in [-0.05, 0) is 43.2 Å². The maximum Gasteiger partial charge on any atom is 0.260 e. The van der Waals surface area contributed by atoms with Crippen LogP contribution in [0.1, 0.15) is 33.5 Å². The number of ether oxygens (including phenoxy) is 1. The molecule has 0 atom stereocenters. The Hall–Kier alpha value is -2.93. The molecule has 7 heteroatoms. The minimum absolute atomic E-state index is 0.0579. The van der Waals surface area contributed by atoms with Gasteiger partial charge in [0, 0.05) is 23.4 Å². The fourth-order valence-electron chi connectivity index (χ4n) is 3.12. The summed E-state index contributed by atoms with van der Waals surface area (Å²) < 4.78 is 20.5. The quantitative estimate of drug-likeness (QED) is 0.470. The molecule has 0 N–H and O–H groups in total. The summed E-state index contributed by atoms with van der Waals surface area (Å²) in [5.41, 5.74) is 2.24. The topological polar surface area (TPSA) is 61.2 Å². The Morgan fingerprint density at radius 3 is 2.48 bits per heavy atom. The Balaban J connectivity index is 1.47. The zero-order valence-electron chi connectivity index (χ0n) is 15.9. The number of aromatic nitrogens is 2. The predicted octanol–water partition coefficient (Wildman–Crippen LogP) is 4.00. The second kappa shape index (κ2) is 8.21. The first-order valence-electron chi connectivity index (χ1n) is 9.29. The van der Waals surface area contributed by atoms with Crippen molar-refractivity contribution >= 4 is 17.5 Å². The average molecular weight is 410 g/mol. The maximum atomic E-state index is 13.0. The molecular weight excluding hydrogens is 391 g/mol. The molecule has 4 rings (SSSR count). The van der Waals surface area contributed by atoms with E-state index in [9.17, 15) is 14.0 Å². The number of hydrogen-bond acceptors (Lipinski definition) is 5. The number of halogens is 1. The van der Waals surface area contributed by atoms with E-state index in [0.717, 1.165) is 17.7 Å². The third kappa shape index (κ3) is 4.10. The van der Waals surface area contributed by atoms with Gasteiger partial charge in [-0.15, -0.1) is 0 Å². The molecule has 3 aromatic rings. The summed E-state index contributed by atoms with van der Waals surface area (Å²) in [5.74, 6) is 0.744. The van der Waals surface area contributed by atoms with E-state index in [2.05, 4.69) is 4.98 Å². The molecule has 0 amide bonds. The minimum atomic E-state index is -0.377. The molecule has 2 heterocycles. The number of hydrogen-bond donors (Lipinski definition) is 0. The van der Waals surface area contributed by atoms with E-state index in [0.29, 0.717) is 34.3 Å². The summed E-state index contributed by atoms with van der Waals surface area (Å²) in [5, 5.41) is 0.696. The Bertz CT molecular complexity index is 1110. The molecule has 0 saturated heterocycles. The highest BCUT2D eigenvalue weighted by Crippen LogP contribution is 2.25. The average Bonchev–Trinajstić information content (AvgIpc) is 2.76. The van der Waals surface area contributed by atoms with Crippen LogP contribution >= 0.6 is 11.8 Å². The molecule has 0 bridgehead atoms. The summed E-state index contributed by atoms with van der Waals surface area (Å²) in [6.45, 7) is 2.66. The van der Waals surface area contributed by atoms with E-state index >= 15 is 0 Å². The molecule has 0 radical (unpaired) electrons. The number of carbonyl (C=O) groups excluding carboxylic acids is 1. The number of thioether (sulfide) groups is 1. The fraction of sp³-hybridized carbons (Fsp3) is 0.227. The molecule has 2 aromatic carbocycles. The van der Waals surface area contributed by atoms with Crippen LogP contribution in [0.4, 0.5) is 4.39 Å². The number of carbonyl (C=O) groups is 1. The van der Waals surface area contributed by atoms with Crippen molar-refractivity contribution in [1.29, 1.82) is 0 Å². The van der Waals surface area contributed by atoms with Crippen LogP contribution in [-0.4, -0.2) is 21.1 Å². The van der Waals surface area contributed by atoms with Crippen molar-refractivity contribution in [3.8, 4) is 5.88 Å². The van der Waals surface area contributed by atoms with Gasteiger partial charge in [0.1, 0.15) is 12.4 Å². The van der Waals surface area contributed by atoms with Crippen molar-refractivity contribution < 1.29 is 13.9 Å². The Labute approximate surface area is 171 Å². The van der Waals surface area contributed by atoms with Gasteiger partial charge in [-0.25, -0.2) is 4.39 Å². The van der Waals surface area contributed by atoms with Gasteiger partial charge in [0.15, 0.2) is 10.9 Å². The van der Waals surface area contributed by atoms with Crippen molar-refractivity contribution in [2.24, 2.45) is 0 Å². The predicted molar refractivity (Wildman–Crippen MR) is 109 cm³/mol. The lowest BCUT2D eigenvalue weighted by Gasteiger charge is -2.18. The molecule has 1 aliphatic heterocycles. The molecule has 0 aliphatic carbocycles. The minimum Gasteiger partial charge on any atom is -0.472 e. The second-order valence-corrected chi connectivity index (χ2v) is 7.87. The Kier molecular flexibility index (Phi) is 5.49. The van der Waals surface area contributed by atoms with E-state index in [1.165, 1.54) is 24.3 Å². The normalized spacial score (nSPS) is 13.0. The lowest BCUT2D eigenvalue weighted by Crippen LogP contribution is -2.28. The highest BCUT2D eigenvalue weighted by molar-refractivity contribution is 7.99. The number of fused-ring (bicyclic) bond motifs is 1. The molecule has 0 fully saturated rings. The van der Waals surface area contributed by atoms with Gasteiger partial charge < -0.3 is 4.74 Å².